The summed E-state index contributed by atoms with van der Waals surface area (Å²) in [4.78, 5) is 8.96. The van der Waals surface area contributed by atoms with E-state index >= 15 is 0 Å². The van der Waals surface area contributed by atoms with Crippen LogP contribution in [0.1, 0.15) is 11.3 Å². The molecule has 128 valence electrons. The van der Waals surface area contributed by atoms with Gasteiger partial charge in [0.05, 0.1) is 7.11 Å². The van der Waals surface area contributed by atoms with Crippen molar-refractivity contribution < 1.29 is 4.74 Å². The van der Waals surface area contributed by atoms with Gasteiger partial charge in [0.1, 0.15) is 11.6 Å². The van der Waals surface area contributed by atoms with Gasteiger partial charge in [0.25, 0.3) is 0 Å². The lowest BCUT2D eigenvalue weighted by Crippen LogP contribution is -2.03. The molecule has 0 fully saturated rings. The van der Waals surface area contributed by atoms with E-state index in [1.807, 2.05) is 62.4 Å². The summed E-state index contributed by atoms with van der Waals surface area (Å²) in [6, 6.07) is 15.2. The van der Waals surface area contributed by atoms with Crippen molar-refractivity contribution in [1.29, 1.82) is 0 Å². The molecule has 0 radical (unpaired) electrons. The van der Waals surface area contributed by atoms with E-state index in [0.29, 0.717) is 16.8 Å². The van der Waals surface area contributed by atoms with E-state index in [-0.39, 0.29) is 0 Å². The number of nitrogens with zero attached hydrogens (tertiary/aromatic N) is 2. The molecule has 0 saturated carbocycles. The minimum absolute atomic E-state index is 0.521. The Balaban J connectivity index is 1.83. The van der Waals surface area contributed by atoms with Gasteiger partial charge < -0.3 is 15.4 Å². The van der Waals surface area contributed by atoms with Crippen LogP contribution < -0.4 is 15.4 Å². The lowest BCUT2D eigenvalue weighted by molar-refractivity contribution is 0.415. The second kappa shape index (κ2) is 7.40. The van der Waals surface area contributed by atoms with E-state index in [1.54, 1.807) is 7.11 Å². The summed E-state index contributed by atoms with van der Waals surface area (Å²) in [7, 11) is 1.64. The number of nitrogens with one attached hydrogen (secondary N) is 2. The molecule has 5 nitrogen and oxygen atoms in total. The molecule has 0 aliphatic heterocycles. The smallest absolute Gasteiger partial charge is 0.229 e. The van der Waals surface area contributed by atoms with Crippen molar-refractivity contribution in [2.45, 2.75) is 13.8 Å². The molecule has 0 aliphatic rings. The van der Waals surface area contributed by atoms with Crippen LogP contribution in [0.4, 0.5) is 23.1 Å². The second-order valence-electron chi connectivity index (χ2n) is 5.61. The van der Waals surface area contributed by atoms with Gasteiger partial charge in [0, 0.05) is 28.2 Å². The molecule has 1 heterocycles. The normalized spacial score (nSPS) is 10.4. The number of hydrogen-bond donors (Lipinski definition) is 2. The Hall–Kier alpha value is -2.79. The average molecular weight is 355 g/mol. The first-order valence-corrected chi connectivity index (χ1v) is 8.22. The molecule has 1 aromatic heterocycles. The summed E-state index contributed by atoms with van der Waals surface area (Å²) in [5, 5.41) is 7.22. The number of halogens is 1. The third-order valence-electron chi connectivity index (χ3n) is 3.73. The lowest BCUT2D eigenvalue weighted by Gasteiger charge is -2.12. The zero-order chi connectivity index (χ0) is 17.8. The summed E-state index contributed by atoms with van der Waals surface area (Å²) in [6.45, 7) is 3.89. The number of methoxy groups -OCH3 is 1. The fourth-order valence-corrected chi connectivity index (χ4v) is 2.55. The Bertz CT molecular complexity index is 881. The number of rotatable bonds is 5. The number of anilines is 4. The molecule has 0 unspecified atom stereocenters. The van der Waals surface area contributed by atoms with Gasteiger partial charge in [0.15, 0.2) is 0 Å². The summed E-state index contributed by atoms with van der Waals surface area (Å²) in [6.07, 6.45) is 0. The molecule has 0 aliphatic carbocycles. The topological polar surface area (TPSA) is 59.1 Å². The molecular formula is C19H19ClN4O. The fourth-order valence-electron chi connectivity index (χ4n) is 2.37. The van der Waals surface area contributed by atoms with Crippen LogP contribution in [0.15, 0.2) is 48.5 Å². The highest BCUT2D eigenvalue weighted by Crippen LogP contribution is 2.26. The quantitative estimate of drug-likeness (QED) is 0.656. The SMILES string of the molecule is COc1ccc(Nc2nc(C)cc(Nc3cccc(Cl)c3C)n2)cc1. The van der Waals surface area contributed by atoms with Crippen LogP contribution in [0.3, 0.4) is 0 Å². The van der Waals surface area contributed by atoms with Crippen molar-refractivity contribution in [1.82, 2.24) is 9.97 Å². The van der Waals surface area contributed by atoms with E-state index in [4.69, 9.17) is 16.3 Å². The van der Waals surface area contributed by atoms with Crippen molar-refractivity contribution in [2.75, 3.05) is 17.7 Å². The van der Waals surface area contributed by atoms with Crippen LogP contribution >= 0.6 is 11.6 Å². The predicted octanol–water partition coefficient (Wildman–Crippen LogP) is 5.24. The Kier molecular flexibility index (Phi) is 5.05. The van der Waals surface area contributed by atoms with Crippen molar-refractivity contribution in [3.63, 3.8) is 0 Å². The van der Waals surface area contributed by atoms with Crippen molar-refractivity contribution in [2.24, 2.45) is 0 Å². The predicted molar refractivity (Wildman–Crippen MR) is 103 cm³/mol. The number of aromatic nitrogens is 2. The van der Waals surface area contributed by atoms with Gasteiger partial charge in [-0.3, -0.25) is 0 Å². The van der Waals surface area contributed by atoms with Gasteiger partial charge in [-0.1, -0.05) is 17.7 Å². The van der Waals surface area contributed by atoms with Crippen LogP contribution in [0.25, 0.3) is 0 Å². The van der Waals surface area contributed by atoms with Crippen molar-refractivity contribution in [3.8, 4) is 5.75 Å². The first-order valence-electron chi connectivity index (χ1n) is 7.84. The van der Waals surface area contributed by atoms with Gasteiger partial charge >= 0.3 is 0 Å². The van der Waals surface area contributed by atoms with Gasteiger partial charge in [-0.15, -0.1) is 0 Å². The maximum atomic E-state index is 6.18. The average Bonchev–Trinajstić information content (AvgIpc) is 2.59. The Morgan fingerprint density at radius 2 is 1.72 bits per heavy atom. The van der Waals surface area contributed by atoms with Gasteiger partial charge in [-0.25, -0.2) is 4.98 Å². The largest absolute Gasteiger partial charge is 0.497 e. The zero-order valence-electron chi connectivity index (χ0n) is 14.3. The summed E-state index contributed by atoms with van der Waals surface area (Å²) in [5.41, 5.74) is 3.63. The zero-order valence-corrected chi connectivity index (χ0v) is 15.1. The third kappa shape index (κ3) is 4.19. The Labute approximate surface area is 152 Å². The van der Waals surface area contributed by atoms with Crippen molar-refractivity contribution >= 4 is 34.7 Å². The third-order valence-corrected chi connectivity index (χ3v) is 4.14. The summed E-state index contributed by atoms with van der Waals surface area (Å²) in [5.74, 6) is 2.02. The first-order chi connectivity index (χ1) is 12.0. The fraction of sp³-hybridized carbons (Fsp3) is 0.158. The summed E-state index contributed by atoms with van der Waals surface area (Å²) >= 11 is 6.18. The highest BCUT2D eigenvalue weighted by atomic mass is 35.5. The van der Waals surface area contributed by atoms with Crippen molar-refractivity contribution in [3.05, 3.63) is 64.8 Å². The molecule has 0 spiro atoms. The van der Waals surface area contributed by atoms with Crippen LogP contribution in [-0.2, 0) is 0 Å². The van der Waals surface area contributed by atoms with Gasteiger partial charge in [-0.05, 0) is 55.8 Å². The standard InChI is InChI=1S/C19H19ClN4O/c1-12-11-18(23-17-6-4-5-16(20)13(17)2)24-19(21-12)22-14-7-9-15(25-3)10-8-14/h4-11H,1-3H3,(H2,21,22,23,24). The van der Waals surface area contributed by atoms with Crippen LogP contribution in [0.2, 0.25) is 5.02 Å². The first kappa shape index (κ1) is 17.0. The Morgan fingerprint density at radius 1 is 0.960 bits per heavy atom. The monoisotopic (exact) mass is 354 g/mol. The number of ether oxygens (including phenoxy) is 1. The molecule has 0 atom stereocenters. The molecular weight excluding hydrogens is 336 g/mol. The van der Waals surface area contributed by atoms with Gasteiger partial charge in [-0.2, -0.15) is 4.98 Å². The van der Waals surface area contributed by atoms with Crippen LogP contribution in [-0.4, -0.2) is 17.1 Å². The van der Waals surface area contributed by atoms with E-state index < -0.39 is 0 Å². The molecule has 2 aromatic carbocycles. The summed E-state index contributed by atoms with van der Waals surface area (Å²) < 4.78 is 5.17. The van der Waals surface area contributed by atoms with Crippen LogP contribution in [0.5, 0.6) is 5.75 Å². The number of aryl methyl sites for hydroxylation is 1. The molecule has 3 aromatic rings. The van der Waals surface area contributed by atoms with E-state index in [2.05, 4.69) is 20.6 Å². The molecule has 6 heteroatoms. The van der Waals surface area contributed by atoms with E-state index in [9.17, 15) is 0 Å². The molecule has 25 heavy (non-hydrogen) atoms. The van der Waals surface area contributed by atoms with Gasteiger partial charge in [0.2, 0.25) is 5.95 Å². The minimum atomic E-state index is 0.521. The molecule has 3 rings (SSSR count). The molecule has 0 bridgehead atoms. The maximum Gasteiger partial charge on any atom is 0.229 e. The van der Waals surface area contributed by atoms with E-state index in [1.165, 1.54) is 0 Å². The molecule has 0 amide bonds. The second-order valence-corrected chi connectivity index (χ2v) is 6.02. The lowest BCUT2D eigenvalue weighted by atomic mass is 10.2. The number of hydrogen-bond acceptors (Lipinski definition) is 5. The van der Waals surface area contributed by atoms with Crippen LogP contribution in [0, 0.1) is 13.8 Å². The highest BCUT2D eigenvalue weighted by Gasteiger charge is 2.07. The molecule has 0 saturated heterocycles. The van der Waals surface area contributed by atoms with E-state index in [0.717, 1.165) is 28.4 Å². The molecule has 2 N–H and O–H groups in total. The minimum Gasteiger partial charge on any atom is -0.497 e. The Morgan fingerprint density at radius 3 is 2.44 bits per heavy atom. The highest BCUT2D eigenvalue weighted by molar-refractivity contribution is 6.31. The number of benzene rings is 2. The maximum absolute atomic E-state index is 6.18.